The molecule has 0 aliphatic heterocycles. The third-order valence-electron chi connectivity index (χ3n) is 3.62. The Labute approximate surface area is 160 Å². The highest BCUT2D eigenvalue weighted by atomic mass is 35.5. The van der Waals surface area contributed by atoms with E-state index < -0.39 is 11.9 Å². The molecule has 0 saturated heterocycles. The summed E-state index contributed by atoms with van der Waals surface area (Å²) in [5.41, 5.74) is 7.49. The lowest BCUT2D eigenvalue weighted by Gasteiger charge is -2.11. The number of hydrogen-bond acceptors (Lipinski definition) is 2. The number of fused-ring (bicyclic) bond motifs is 1. The highest BCUT2D eigenvalue weighted by molar-refractivity contribution is 6.42. The van der Waals surface area contributed by atoms with E-state index in [2.05, 4.69) is 5.32 Å². The first-order valence-corrected chi connectivity index (χ1v) is 7.89. The number of nitrogens with zero attached hydrogens (tertiary/aromatic N) is 1. The van der Waals surface area contributed by atoms with Crippen molar-refractivity contribution in [2.45, 2.75) is 6.54 Å². The van der Waals surface area contributed by atoms with Crippen molar-refractivity contribution in [3.05, 3.63) is 69.8 Å². The predicted octanol–water partition coefficient (Wildman–Crippen LogP) is 4.04. The van der Waals surface area contributed by atoms with E-state index >= 15 is 0 Å². The zero-order valence-electron chi connectivity index (χ0n) is 12.9. The summed E-state index contributed by atoms with van der Waals surface area (Å²) < 4.78 is 1.85. The van der Waals surface area contributed by atoms with E-state index in [-0.39, 0.29) is 12.4 Å². The first-order chi connectivity index (χ1) is 11.5. The molecule has 3 rings (SSSR count). The van der Waals surface area contributed by atoms with Gasteiger partial charge in [-0.15, -0.1) is 12.4 Å². The monoisotopic (exact) mass is 396 g/mol. The molecule has 0 fully saturated rings. The first-order valence-electron chi connectivity index (χ1n) is 7.13. The molecule has 2 aromatic carbocycles. The highest BCUT2D eigenvalue weighted by Crippen LogP contribution is 2.25. The van der Waals surface area contributed by atoms with Gasteiger partial charge in [-0.2, -0.15) is 0 Å². The molecule has 3 aromatic rings. The number of hydrogen-bond donors (Lipinski definition) is 3. The summed E-state index contributed by atoms with van der Waals surface area (Å²) in [7, 11) is 0. The Morgan fingerprint density at radius 3 is 2.52 bits per heavy atom. The molecule has 8 heteroatoms. The molecular weight excluding hydrogens is 383 g/mol. The average Bonchev–Trinajstić information content (AvgIpc) is 2.89. The van der Waals surface area contributed by atoms with Gasteiger partial charge in [0.15, 0.2) is 5.96 Å². The van der Waals surface area contributed by atoms with Gasteiger partial charge in [-0.05, 0) is 29.8 Å². The van der Waals surface area contributed by atoms with Crippen molar-refractivity contribution in [2.75, 3.05) is 0 Å². The summed E-state index contributed by atoms with van der Waals surface area (Å²) in [6.45, 7) is 0.436. The summed E-state index contributed by atoms with van der Waals surface area (Å²) in [5, 5.41) is 11.4. The molecule has 25 heavy (non-hydrogen) atoms. The fourth-order valence-corrected chi connectivity index (χ4v) is 2.90. The Bertz CT molecular complexity index is 952. The van der Waals surface area contributed by atoms with Gasteiger partial charge in [0.2, 0.25) is 0 Å². The van der Waals surface area contributed by atoms with Gasteiger partial charge >= 0.3 is 0 Å². The molecule has 0 spiro atoms. The van der Waals surface area contributed by atoms with Crippen LogP contribution in [-0.4, -0.2) is 16.4 Å². The molecule has 0 unspecified atom stereocenters. The van der Waals surface area contributed by atoms with Crippen molar-refractivity contribution in [2.24, 2.45) is 5.73 Å². The average molecular weight is 398 g/mol. The number of nitrogens with one attached hydrogen (secondary N) is 2. The van der Waals surface area contributed by atoms with E-state index in [1.807, 2.05) is 34.9 Å². The van der Waals surface area contributed by atoms with Crippen LogP contribution in [0, 0.1) is 5.41 Å². The van der Waals surface area contributed by atoms with E-state index in [0.717, 1.165) is 16.5 Å². The number of carbonyl (C=O) groups excluding carboxylic acids is 1. The second kappa shape index (κ2) is 7.78. The van der Waals surface area contributed by atoms with Crippen LogP contribution >= 0.6 is 35.6 Å². The minimum Gasteiger partial charge on any atom is -0.370 e. The summed E-state index contributed by atoms with van der Waals surface area (Å²) in [6.07, 6.45) is 0. The van der Waals surface area contributed by atoms with Crippen LogP contribution in [0.4, 0.5) is 0 Å². The minimum absolute atomic E-state index is 0. The maximum Gasteiger partial charge on any atom is 0.274 e. The van der Waals surface area contributed by atoms with Crippen molar-refractivity contribution < 1.29 is 4.79 Å². The number of benzene rings is 2. The lowest BCUT2D eigenvalue weighted by atomic mass is 10.2. The highest BCUT2D eigenvalue weighted by Gasteiger charge is 2.16. The van der Waals surface area contributed by atoms with Crippen molar-refractivity contribution >= 4 is 58.4 Å². The van der Waals surface area contributed by atoms with Crippen LogP contribution in [0.25, 0.3) is 10.9 Å². The van der Waals surface area contributed by atoms with Crippen LogP contribution < -0.4 is 11.1 Å². The van der Waals surface area contributed by atoms with Gasteiger partial charge in [-0.1, -0.05) is 47.5 Å². The van der Waals surface area contributed by atoms with E-state index in [1.54, 1.807) is 18.2 Å². The summed E-state index contributed by atoms with van der Waals surface area (Å²) in [4.78, 5) is 12.4. The SMILES string of the molecule is Cl.N=C(N)NC(=O)c1cc2ccccc2n1Cc1ccc(Cl)c(Cl)c1. The second-order valence-electron chi connectivity index (χ2n) is 5.29. The molecule has 1 aromatic heterocycles. The zero-order valence-corrected chi connectivity index (χ0v) is 15.3. The van der Waals surface area contributed by atoms with Crippen molar-refractivity contribution in [1.29, 1.82) is 5.41 Å². The summed E-state index contributed by atoms with van der Waals surface area (Å²) >= 11 is 12.0. The molecule has 0 saturated carbocycles. The van der Waals surface area contributed by atoms with Gasteiger partial charge in [0.1, 0.15) is 5.69 Å². The maximum absolute atomic E-state index is 12.4. The molecular formula is C17H15Cl3N4O. The molecule has 1 amide bonds. The number of nitrogens with two attached hydrogens (primary N) is 1. The van der Waals surface area contributed by atoms with E-state index in [0.29, 0.717) is 22.3 Å². The van der Waals surface area contributed by atoms with Gasteiger partial charge in [-0.25, -0.2) is 0 Å². The predicted molar refractivity (Wildman–Crippen MR) is 104 cm³/mol. The van der Waals surface area contributed by atoms with Crippen LogP contribution in [-0.2, 0) is 6.54 Å². The van der Waals surface area contributed by atoms with E-state index in [9.17, 15) is 4.79 Å². The lowest BCUT2D eigenvalue weighted by Crippen LogP contribution is -2.36. The number of para-hydroxylation sites is 1. The van der Waals surface area contributed by atoms with Crippen LogP contribution in [0.2, 0.25) is 10.0 Å². The number of guanidine groups is 1. The minimum atomic E-state index is -0.432. The Morgan fingerprint density at radius 1 is 1.12 bits per heavy atom. The largest absolute Gasteiger partial charge is 0.370 e. The van der Waals surface area contributed by atoms with E-state index in [4.69, 9.17) is 34.3 Å². The zero-order chi connectivity index (χ0) is 17.3. The maximum atomic E-state index is 12.4. The molecule has 4 N–H and O–H groups in total. The van der Waals surface area contributed by atoms with Gasteiger partial charge in [0.25, 0.3) is 5.91 Å². The third-order valence-corrected chi connectivity index (χ3v) is 4.36. The first kappa shape index (κ1) is 19.1. The number of amides is 1. The van der Waals surface area contributed by atoms with Gasteiger partial charge in [0.05, 0.1) is 10.0 Å². The molecule has 0 radical (unpaired) electrons. The standard InChI is InChI=1S/C17H14Cl2N4O.ClH/c18-12-6-5-10(7-13(12)19)9-23-14-4-2-1-3-11(14)8-15(23)16(24)22-17(20)21;/h1-8H,9H2,(H4,20,21,22,24);1H. The molecule has 5 nitrogen and oxygen atoms in total. The van der Waals surface area contributed by atoms with Crippen LogP contribution in [0.15, 0.2) is 48.5 Å². The Hall–Kier alpha value is -2.21. The van der Waals surface area contributed by atoms with Gasteiger partial charge in [0, 0.05) is 17.4 Å². The van der Waals surface area contributed by atoms with Gasteiger partial charge < -0.3 is 10.3 Å². The fourth-order valence-electron chi connectivity index (χ4n) is 2.58. The Kier molecular flexibility index (Phi) is 5.95. The Balaban J connectivity index is 0.00000225. The van der Waals surface area contributed by atoms with Crippen molar-refractivity contribution in [3.63, 3.8) is 0 Å². The van der Waals surface area contributed by atoms with Crippen molar-refractivity contribution in [3.8, 4) is 0 Å². The summed E-state index contributed by atoms with van der Waals surface area (Å²) in [5.74, 6) is -0.829. The summed E-state index contributed by atoms with van der Waals surface area (Å²) in [6, 6.07) is 14.8. The topological polar surface area (TPSA) is 83.9 Å². The third kappa shape index (κ3) is 4.07. The molecule has 1 heterocycles. The lowest BCUT2D eigenvalue weighted by molar-refractivity contribution is 0.0968. The number of rotatable bonds is 3. The quantitative estimate of drug-likeness (QED) is 0.460. The molecule has 0 bridgehead atoms. The number of halogens is 3. The second-order valence-corrected chi connectivity index (χ2v) is 6.11. The van der Waals surface area contributed by atoms with Crippen LogP contribution in [0.1, 0.15) is 16.1 Å². The van der Waals surface area contributed by atoms with Crippen molar-refractivity contribution in [1.82, 2.24) is 9.88 Å². The molecule has 0 aliphatic carbocycles. The van der Waals surface area contributed by atoms with Crippen LogP contribution in [0.5, 0.6) is 0 Å². The normalized spacial score (nSPS) is 10.3. The number of aromatic nitrogens is 1. The van der Waals surface area contributed by atoms with Gasteiger partial charge in [-0.3, -0.25) is 15.5 Å². The fraction of sp³-hybridized carbons (Fsp3) is 0.0588. The van der Waals surface area contributed by atoms with Crippen LogP contribution in [0.3, 0.4) is 0 Å². The molecule has 130 valence electrons. The molecule has 0 atom stereocenters. The number of carbonyl (C=O) groups is 1. The van der Waals surface area contributed by atoms with E-state index in [1.165, 1.54) is 0 Å². The Morgan fingerprint density at radius 2 is 1.84 bits per heavy atom. The molecule has 0 aliphatic rings. The smallest absolute Gasteiger partial charge is 0.274 e.